The number of aromatic nitrogens is 4. The van der Waals surface area contributed by atoms with Gasteiger partial charge in [-0.2, -0.15) is 4.98 Å². The van der Waals surface area contributed by atoms with Crippen LogP contribution in [-0.4, -0.2) is 19.1 Å². The normalized spacial score (nSPS) is 11.3. The molecule has 2 heterocycles. The second kappa shape index (κ2) is 7.88. The number of hydrogen-bond acceptors (Lipinski definition) is 4. The van der Waals surface area contributed by atoms with Crippen LogP contribution >= 0.6 is 46.4 Å². The Morgan fingerprint density at radius 1 is 0.862 bits per heavy atom. The zero-order valence-corrected chi connectivity index (χ0v) is 17.8. The van der Waals surface area contributed by atoms with Crippen molar-refractivity contribution < 1.29 is 0 Å². The highest BCUT2D eigenvalue weighted by Crippen LogP contribution is 2.25. The van der Waals surface area contributed by atoms with Gasteiger partial charge in [0.25, 0.3) is 0 Å². The smallest absolute Gasteiger partial charge is 0.300 e. The van der Waals surface area contributed by atoms with Gasteiger partial charge in [0.15, 0.2) is 11.2 Å². The lowest BCUT2D eigenvalue weighted by Crippen LogP contribution is -2.20. The van der Waals surface area contributed by atoms with Crippen molar-refractivity contribution in [2.45, 2.75) is 13.1 Å². The zero-order chi connectivity index (χ0) is 20.7. The largest absolute Gasteiger partial charge is 0.369 e. The minimum absolute atomic E-state index is 0.0633. The van der Waals surface area contributed by atoms with Crippen molar-refractivity contribution in [1.29, 1.82) is 0 Å². The molecular weight excluding hydrogens is 456 g/mol. The van der Waals surface area contributed by atoms with Gasteiger partial charge < -0.3 is 10.3 Å². The number of halogens is 4. The molecule has 0 saturated heterocycles. The van der Waals surface area contributed by atoms with Crippen molar-refractivity contribution >= 4 is 63.5 Å². The van der Waals surface area contributed by atoms with Crippen molar-refractivity contribution in [2.75, 3.05) is 5.73 Å². The lowest BCUT2D eigenvalue weighted by atomic mass is 10.2. The molecule has 0 radical (unpaired) electrons. The van der Waals surface area contributed by atoms with Crippen molar-refractivity contribution in [3.05, 3.63) is 84.3 Å². The molecule has 6 nitrogen and oxygen atoms in total. The van der Waals surface area contributed by atoms with Crippen LogP contribution in [0.25, 0.3) is 11.2 Å². The maximum absolute atomic E-state index is 12.5. The van der Waals surface area contributed by atoms with Crippen molar-refractivity contribution in [3.8, 4) is 0 Å². The minimum atomic E-state index is -0.458. The molecule has 0 aliphatic carbocycles. The van der Waals surface area contributed by atoms with E-state index in [1.807, 2.05) is 12.1 Å². The molecule has 0 aliphatic rings. The van der Waals surface area contributed by atoms with Crippen LogP contribution in [0, 0.1) is 0 Å². The molecule has 0 unspecified atom stereocenters. The topological polar surface area (TPSA) is 78.7 Å². The Morgan fingerprint density at radius 3 is 2.03 bits per heavy atom. The number of anilines is 1. The standard InChI is InChI=1S/C19H13Cl4N5O/c20-12-3-1-10(5-14(12)22)7-27-9-25-17-16(27)18(29)26-19(24)28(17)8-11-2-4-13(21)15(23)6-11/h1-6,9H,7-8H2,(H2,24,26,29). The van der Waals surface area contributed by atoms with Crippen LogP contribution in [0.3, 0.4) is 0 Å². The lowest BCUT2D eigenvalue weighted by Gasteiger charge is -2.12. The Bertz CT molecular complexity index is 1300. The molecule has 0 spiro atoms. The fourth-order valence-corrected chi connectivity index (χ4v) is 3.69. The Labute approximate surface area is 185 Å². The first kappa shape index (κ1) is 20.0. The van der Waals surface area contributed by atoms with Crippen molar-refractivity contribution in [1.82, 2.24) is 19.1 Å². The van der Waals surface area contributed by atoms with Crippen LogP contribution in [0.4, 0.5) is 5.95 Å². The number of benzene rings is 2. The van der Waals surface area contributed by atoms with E-state index < -0.39 is 5.56 Å². The Kier molecular flexibility index (Phi) is 5.44. The second-order valence-electron chi connectivity index (χ2n) is 6.40. The number of imidazole rings is 1. The van der Waals surface area contributed by atoms with Crippen LogP contribution in [-0.2, 0) is 13.1 Å². The monoisotopic (exact) mass is 467 g/mol. The molecule has 0 aliphatic heterocycles. The zero-order valence-electron chi connectivity index (χ0n) is 14.7. The van der Waals surface area contributed by atoms with E-state index in [9.17, 15) is 4.79 Å². The van der Waals surface area contributed by atoms with Gasteiger partial charge in [-0.1, -0.05) is 58.5 Å². The highest BCUT2D eigenvalue weighted by molar-refractivity contribution is 6.42. The molecule has 0 fully saturated rings. The van der Waals surface area contributed by atoms with E-state index in [2.05, 4.69) is 9.97 Å². The van der Waals surface area contributed by atoms with Gasteiger partial charge >= 0.3 is 5.56 Å². The molecule has 0 atom stereocenters. The third-order valence-electron chi connectivity index (χ3n) is 4.43. The van der Waals surface area contributed by atoms with Gasteiger partial charge in [0, 0.05) is 6.54 Å². The van der Waals surface area contributed by atoms with E-state index >= 15 is 0 Å². The number of nitrogens with two attached hydrogens (primary N) is 1. The average molecular weight is 469 g/mol. The first-order chi connectivity index (χ1) is 13.8. The van der Waals surface area contributed by atoms with Gasteiger partial charge in [0.1, 0.15) is 0 Å². The van der Waals surface area contributed by atoms with Gasteiger partial charge in [0.2, 0.25) is 5.95 Å². The fraction of sp³-hybridized carbons (Fsp3) is 0.105. The number of hydrogen-bond donors (Lipinski definition) is 1. The molecule has 0 bridgehead atoms. The van der Waals surface area contributed by atoms with E-state index in [4.69, 9.17) is 52.1 Å². The maximum atomic E-state index is 12.5. The van der Waals surface area contributed by atoms with Crippen molar-refractivity contribution in [3.63, 3.8) is 0 Å². The first-order valence-electron chi connectivity index (χ1n) is 8.42. The van der Waals surface area contributed by atoms with Crippen LogP contribution in [0.5, 0.6) is 0 Å². The summed E-state index contributed by atoms with van der Waals surface area (Å²) < 4.78 is 3.36. The third-order valence-corrected chi connectivity index (χ3v) is 5.91. The number of nitrogen functional groups attached to an aromatic ring is 1. The summed E-state index contributed by atoms with van der Waals surface area (Å²) in [5, 5.41) is 1.79. The van der Waals surface area contributed by atoms with Gasteiger partial charge in [-0.25, -0.2) is 4.98 Å². The lowest BCUT2D eigenvalue weighted by molar-refractivity contribution is 0.797. The second-order valence-corrected chi connectivity index (χ2v) is 8.03. The summed E-state index contributed by atoms with van der Waals surface area (Å²) in [5.41, 5.74) is 8.03. The minimum Gasteiger partial charge on any atom is -0.369 e. The molecule has 0 saturated carbocycles. The van der Waals surface area contributed by atoms with Gasteiger partial charge in [0.05, 0.1) is 33.0 Å². The quantitative estimate of drug-likeness (QED) is 0.462. The predicted molar refractivity (Wildman–Crippen MR) is 117 cm³/mol. The molecule has 0 amide bonds. The molecule has 2 N–H and O–H groups in total. The molecule has 148 valence electrons. The van der Waals surface area contributed by atoms with Gasteiger partial charge in [-0.15, -0.1) is 0 Å². The number of fused-ring (bicyclic) bond motifs is 1. The molecule has 4 rings (SSSR count). The molecular formula is C19H13Cl4N5O. The summed E-state index contributed by atoms with van der Waals surface area (Å²) in [6.07, 6.45) is 1.57. The van der Waals surface area contributed by atoms with Crippen LogP contribution < -0.4 is 11.3 Å². The maximum Gasteiger partial charge on any atom is 0.300 e. The molecule has 4 aromatic rings. The average Bonchev–Trinajstić information content (AvgIpc) is 3.08. The predicted octanol–water partition coefficient (Wildman–Crippen LogP) is 4.89. The van der Waals surface area contributed by atoms with Crippen LogP contribution in [0.15, 0.2) is 47.5 Å². The van der Waals surface area contributed by atoms with Gasteiger partial charge in [-0.3, -0.25) is 9.36 Å². The van der Waals surface area contributed by atoms with E-state index in [-0.39, 0.29) is 5.95 Å². The summed E-state index contributed by atoms with van der Waals surface area (Å²) in [7, 11) is 0. The molecule has 2 aromatic carbocycles. The van der Waals surface area contributed by atoms with E-state index in [1.54, 1.807) is 39.7 Å². The Morgan fingerprint density at radius 2 is 1.45 bits per heavy atom. The molecule has 10 heteroatoms. The van der Waals surface area contributed by atoms with Crippen LogP contribution in [0.1, 0.15) is 11.1 Å². The molecule has 29 heavy (non-hydrogen) atoms. The highest BCUT2D eigenvalue weighted by atomic mass is 35.5. The summed E-state index contributed by atoms with van der Waals surface area (Å²) in [4.78, 5) is 20.9. The first-order valence-corrected chi connectivity index (χ1v) is 9.93. The summed E-state index contributed by atoms with van der Waals surface area (Å²) in [6, 6.07) is 10.5. The van der Waals surface area contributed by atoms with Crippen molar-refractivity contribution in [2.24, 2.45) is 0 Å². The Balaban J connectivity index is 1.77. The number of rotatable bonds is 4. The summed E-state index contributed by atoms with van der Waals surface area (Å²) >= 11 is 24.1. The Hall–Kier alpha value is -2.25. The fourth-order valence-electron chi connectivity index (χ4n) is 3.04. The van der Waals surface area contributed by atoms with Crippen LogP contribution in [0.2, 0.25) is 20.1 Å². The van der Waals surface area contributed by atoms with Gasteiger partial charge in [-0.05, 0) is 35.4 Å². The highest BCUT2D eigenvalue weighted by Gasteiger charge is 2.16. The SMILES string of the molecule is Nc1nc(=O)c2c(ncn2Cc2ccc(Cl)c(Cl)c2)n1Cc1ccc(Cl)c(Cl)c1. The van der Waals surface area contributed by atoms with E-state index in [1.165, 1.54) is 0 Å². The third kappa shape index (κ3) is 3.94. The van der Waals surface area contributed by atoms with E-state index in [0.717, 1.165) is 11.1 Å². The molecule has 2 aromatic heterocycles. The summed E-state index contributed by atoms with van der Waals surface area (Å²) in [6.45, 7) is 0.706. The summed E-state index contributed by atoms with van der Waals surface area (Å²) in [5.74, 6) is 0.0633. The number of nitrogens with zero attached hydrogens (tertiary/aromatic N) is 4. The van der Waals surface area contributed by atoms with E-state index in [0.29, 0.717) is 44.3 Å².